The van der Waals surface area contributed by atoms with Crippen molar-refractivity contribution >= 4 is 5.82 Å². The largest absolute Gasteiger partial charge is 0.377 e. The van der Waals surface area contributed by atoms with Gasteiger partial charge in [0, 0.05) is 17.8 Å². The molecule has 1 aliphatic heterocycles. The second-order valence-electron chi connectivity index (χ2n) is 6.50. The first-order valence-electron chi connectivity index (χ1n) is 8.89. The molecule has 1 saturated heterocycles. The topological polar surface area (TPSA) is 79.9 Å². The van der Waals surface area contributed by atoms with Gasteiger partial charge in [0.2, 0.25) is 0 Å². The Morgan fingerprint density at radius 2 is 1.93 bits per heavy atom. The molecule has 0 spiro atoms. The minimum Gasteiger partial charge on any atom is -0.377 e. The number of para-hydroxylation sites is 1. The van der Waals surface area contributed by atoms with Crippen molar-refractivity contribution in [3.63, 3.8) is 0 Å². The van der Waals surface area contributed by atoms with E-state index in [0.29, 0.717) is 25.5 Å². The molecule has 0 aliphatic carbocycles. The van der Waals surface area contributed by atoms with Crippen LogP contribution in [-0.2, 0) is 4.74 Å². The van der Waals surface area contributed by atoms with Crippen molar-refractivity contribution in [1.29, 1.82) is 5.26 Å². The third kappa shape index (κ3) is 3.15. The molecule has 3 aromatic rings. The number of nitriles is 1. The fourth-order valence-corrected chi connectivity index (χ4v) is 3.61. The molecule has 0 unspecified atom stereocenters. The van der Waals surface area contributed by atoms with Crippen LogP contribution in [0.5, 0.6) is 0 Å². The van der Waals surface area contributed by atoms with Gasteiger partial charge in [-0.15, -0.1) is 10.2 Å². The number of nitrogens with zero attached hydrogens (tertiary/aromatic N) is 6. The van der Waals surface area contributed by atoms with E-state index in [-0.39, 0.29) is 6.04 Å². The average Bonchev–Trinajstić information content (AvgIpc) is 3.03. The monoisotopic (exact) mass is 360 g/mol. The van der Waals surface area contributed by atoms with E-state index in [0.717, 1.165) is 28.5 Å². The fourth-order valence-electron chi connectivity index (χ4n) is 3.61. The highest BCUT2D eigenvalue weighted by Gasteiger charge is 2.31. The number of rotatable bonds is 3. The molecule has 0 N–H and O–H groups in total. The molecule has 3 heterocycles. The SMILES string of the molecule is Cc1nn(-c2ccccc2)c(C)c1[C@H]1COCCN1c1ccc(C#N)nn1. The first-order valence-corrected chi connectivity index (χ1v) is 8.89. The summed E-state index contributed by atoms with van der Waals surface area (Å²) in [7, 11) is 0. The van der Waals surface area contributed by atoms with Gasteiger partial charge in [0.1, 0.15) is 6.07 Å². The summed E-state index contributed by atoms with van der Waals surface area (Å²) < 4.78 is 7.75. The zero-order valence-electron chi connectivity index (χ0n) is 15.3. The summed E-state index contributed by atoms with van der Waals surface area (Å²) in [5.41, 5.74) is 4.54. The molecule has 1 fully saturated rings. The van der Waals surface area contributed by atoms with Crippen molar-refractivity contribution in [2.24, 2.45) is 0 Å². The van der Waals surface area contributed by atoms with Crippen molar-refractivity contribution in [2.45, 2.75) is 19.9 Å². The molecule has 27 heavy (non-hydrogen) atoms. The molecule has 1 atom stereocenters. The van der Waals surface area contributed by atoms with E-state index in [4.69, 9.17) is 15.1 Å². The first kappa shape index (κ1) is 17.2. The average molecular weight is 360 g/mol. The molecule has 2 aromatic heterocycles. The van der Waals surface area contributed by atoms with Crippen LogP contribution in [0.15, 0.2) is 42.5 Å². The van der Waals surface area contributed by atoms with Gasteiger partial charge in [-0.1, -0.05) is 18.2 Å². The van der Waals surface area contributed by atoms with Gasteiger partial charge in [0.25, 0.3) is 0 Å². The third-order valence-corrected chi connectivity index (χ3v) is 4.87. The van der Waals surface area contributed by atoms with E-state index >= 15 is 0 Å². The van der Waals surface area contributed by atoms with Crippen LogP contribution in [-0.4, -0.2) is 39.7 Å². The summed E-state index contributed by atoms with van der Waals surface area (Å²) in [6, 6.07) is 15.7. The van der Waals surface area contributed by atoms with Crippen molar-refractivity contribution in [2.75, 3.05) is 24.7 Å². The standard InChI is InChI=1S/C20H20N6O/c1-14-20(15(2)26(24-14)17-6-4-3-5-7-17)18-13-27-11-10-25(18)19-9-8-16(12-21)22-23-19/h3-9,18H,10-11,13H2,1-2H3/t18-/m1/s1. The van der Waals surface area contributed by atoms with Crippen LogP contribution >= 0.6 is 0 Å². The number of morpholine rings is 1. The van der Waals surface area contributed by atoms with Gasteiger partial charge in [0.15, 0.2) is 11.5 Å². The quantitative estimate of drug-likeness (QED) is 0.714. The molecule has 7 nitrogen and oxygen atoms in total. The van der Waals surface area contributed by atoms with Gasteiger partial charge in [-0.3, -0.25) is 0 Å². The highest BCUT2D eigenvalue weighted by molar-refractivity contribution is 5.47. The normalized spacial score (nSPS) is 16.9. The highest BCUT2D eigenvalue weighted by Crippen LogP contribution is 2.33. The van der Waals surface area contributed by atoms with E-state index < -0.39 is 0 Å². The molecule has 1 aromatic carbocycles. The smallest absolute Gasteiger partial charge is 0.163 e. The van der Waals surface area contributed by atoms with Crippen molar-refractivity contribution < 1.29 is 4.74 Å². The maximum absolute atomic E-state index is 8.96. The summed E-state index contributed by atoms with van der Waals surface area (Å²) in [4.78, 5) is 2.18. The molecule has 4 rings (SSSR count). The van der Waals surface area contributed by atoms with Crippen LogP contribution in [0.2, 0.25) is 0 Å². The summed E-state index contributed by atoms with van der Waals surface area (Å²) in [5, 5.41) is 21.9. The lowest BCUT2D eigenvalue weighted by molar-refractivity contribution is 0.0932. The number of benzene rings is 1. The van der Waals surface area contributed by atoms with Crippen molar-refractivity contribution in [3.05, 3.63) is 65.1 Å². The van der Waals surface area contributed by atoms with Gasteiger partial charge in [-0.05, 0) is 38.1 Å². The number of ether oxygens (including phenoxy) is 1. The van der Waals surface area contributed by atoms with Gasteiger partial charge >= 0.3 is 0 Å². The fraction of sp³-hybridized carbons (Fsp3) is 0.300. The van der Waals surface area contributed by atoms with E-state index in [2.05, 4.69) is 22.0 Å². The number of aryl methyl sites for hydroxylation is 1. The molecular formula is C20H20N6O. The number of anilines is 1. The van der Waals surface area contributed by atoms with Crippen LogP contribution in [0.4, 0.5) is 5.82 Å². The minimum atomic E-state index is -0.00144. The van der Waals surface area contributed by atoms with Crippen molar-refractivity contribution in [3.8, 4) is 11.8 Å². The zero-order valence-corrected chi connectivity index (χ0v) is 15.3. The number of hydrogen-bond donors (Lipinski definition) is 0. The van der Waals surface area contributed by atoms with E-state index in [1.165, 1.54) is 0 Å². The summed E-state index contributed by atoms with van der Waals surface area (Å²) >= 11 is 0. The number of hydrogen-bond acceptors (Lipinski definition) is 6. The lowest BCUT2D eigenvalue weighted by atomic mass is 10.0. The molecule has 0 saturated carbocycles. The lowest BCUT2D eigenvalue weighted by Crippen LogP contribution is -2.40. The van der Waals surface area contributed by atoms with Crippen LogP contribution in [0.3, 0.4) is 0 Å². The Morgan fingerprint density at radius 1 is 1.11 bits per heavy atom. The predicted molar refractivity (Wildman–Crippen MR) is 101 cm³/mol. The number of aromatic nitrogens is 4. The van der Waals surface area contributed by atoms with Crippen LogP contribution in [0.25, 0.3) is 5.69 Å². The van der Waals surface area contributed by atoms with Gasteiger partial charge < -0.3 is 9.64 Å². The Morgan fingerprint density at radius 3 is 2.63 bits per heavy atom. The Bertz CT molecular complexity index is 974. The second kappa shape index (κ2) is 7.17. The maximum atomic E-state index is 8.96. The van der Waals surface area contributed by atoms with Crippen LogP contribution < -0.4 is 4.90 Å². The minimum absolute atomic E-state index is 0.00144. The Balaban J connectivity index is 1.74. The molecule has 136 valence electrons. The molecule has 7 heteroatoms. The van der Waals surface area contributed by atoms with E-state index in [1.807, 2.05) is 54.1 Å². The summed E-state index contributed by atoms with van der Waals surface area (Å²) in [6.45, 7) is 6.01. The molecular weight excluding hydrogens is 340 g/mol. The summed E-state index contributed by atoms with van der Waals surface area (Å²) in [5.74, 6) is 0.744. The first-order chi connectivity index (χ1) is 13.2. The Labute approximate surface area is 157 Å². The van der Waals surface area contributed by atoms with Gasteiger partial charge in [0.05, 0.1) is 30.6 Å². The lowest BCUT2D eigenvalue weighted by Gasteiger charge is -2.36. The Kier molecular flexibility index (Phi) is 4.57. The van der Waals surface area contributed by atoms with E-state index in [9.17, 15) is 0 Å². The maximum Gasteiger partial charge on any atom is 0.163 e. The third-order valence-electron chi connectivity index (χ3n) is 4.87. The second-order valence-corrected chi connectivity index (χ2v) is 6.50. The van der Waals surface area contributed by atoms with Crippen LogP contribution in [0, 0.1) is 25.2 Å². The molecule has 0 radical (unpaired) electrons. The van der Waals surface area contributed by atoms with E-state index in [1.54, 1.807) is 6.07 Å². The Hall–Kier alpha value is -3.24. The summed E-state index contributed by atoms with van der Waals surface area (Å²) in [6.07, 6.45) is 0. The van der Waals surface area contributed by atoms with Crippen LogP contribution in [0.1, 0.15) is 28.7 Å². The molecule has 0 amide bonds. The van der Waals surface area contributed by atoms with Gasteiger partial charge in [-0.2, -0.15) is 10.4 Å². The molecule has 0 bridgehead atoms. The molecule has 1 aliphatic rings. The zero-order chi connectivity index (χ0) is 18.8. The van der Waals surface area contributed by atoms with Crippen molar-refractivity contribution in [1.82, 2.24) is 20.0 Å². The predicted octanol–water partition coefficient (Wildman–Crippen LogP) is 2.73. The highest BCUT2D eigenvalue weighted by atomic mass is 16.5. The van der Waals surface area contributed by atoms with Gasteiger partial charge in [-0.25, -0.2) is 4.68 Å².